The van der Waals surface area contributed by atoms with E-state index >= 15 is 0 Å². The summed E-state index contributed by atoms with van der Waals surface area (Å²) in [5, 5.41) is 1.13. The van der Waals surface area contributed by atoms with Gasteiger partial charge in [-0.05, 0) is 63.0 Å². The zero-order valence-electron chi connectivity index (χ0n) is 26.7. The van der Waals surface area contributed by atoms with Gasteiger partial charge in [-0.3, -0.25) is 0 Å². The van der Waals surface area contributed by atoms with Crippen molar-refractivity contribution in [2.45, 2.75) is 118 Å². The third-order valence-electron chi connectivity index (χ3n) is 7.24. The van der Waals surface area contributed by atoms with E-state index in [1.165, 1.54) is 27.8 Å². The largest absolute Gasteiger partial charge is 0.435 e. The van der Waals surface area contributed by atoms with Gasteiger partial charge < -0.3 is 9.05 Å². The molecule has 0 heterocycles. The molecule has 3 heteroatoms. The van der Waals surface area contributed by atoms with Gasteiger partial charge in [0.2, 0.25) is 0 Å². The summed E-state index contributed by atoms with van der Waals surface area (Å²) in [6.07, 6.45) is 0.923. The SMILES string of the molecule is CCc1ccccc1P(Oc1ccc(C(C)(C)C)cc1C(C)(C)C)Oc1ccc(C(C)(C)C)cc1C(C)(C)C. The predicted octanol–water partition coefficient (Wildman–Crippen LogP) is 10.5. The summed E-state index contributed by atoms with van der Waals surface area (Å²) in [7, 11) is -1.44. The molecule has 212 valence electrons. The number of hydrogen-bond donors (Lipinski definition) is 0. The second kappa shape index (κ2) is 11.3. The van der Waals surface area contributed by atoms with Crippen LogP contribution in [0, 0.1) is 0 Å². The van der Waals surface area contributed by atoms with Gasteiger partial charge in [-0.15, -0.1) is 0 Å². The van der Waals surface area contributed by atoms with Crippen molar-refractivity contribution < 1.29 is 9.05 Å². The highest BCUT2D eigenvalue weighted by Crippen LogP contribution is 2.47. The number of aryl methyl sites for hydroxylation is 1. The molecule has 0 aliphatic heterocycles. The minimum Gasteiger partial charge on any atom is -0.435 e. The molecule has 0 saturated heterocycles. The Balaban J connectivity index is 2.19. The third-order valence-corrected chi connectivity index (χ3v) is 8.79. The van der Waals surface area contributed by atoms with Crippen LogP contribution >= 0.6 is 8.38 Å². The van der Waals surface area contributed by atoms with Gasteiger partial charge in [-0.25, -0.2) is 0 Å². The van der Waals surface area contributed by atoms with Gasteiger partial charge in [0.25, 0.3) is 0 Å². The molecule has 0 spiro atoms. The van der Waals surface area contributed by atoms with Crippen LogP contribution in [0.15, 0.2) is 60.7 Å². The molecule has 0 aliphatic rings. The molecule has 3 rings (SSSR count). The fourth-order valence-electron chi connectivity index (χ4n) is 4.61. The summed E-state index contributed by atoms with van der Waals surface area (Å²) in [6, 6.07) is 21.9. The first-order valence-electron chi connectivity index (χ1n) is 14.4. The van der Waals surface area contributed by atoms with E-state index in [-0.39, 0.29) is 21.7 Å². The summed E-state index contributed by atoms with van der Waals surface area (Å²) in [4.78, 5) is 0. The highest BCUT2D eigenvalue weighted by atomic mass is 31.2. The minimum absolute atomic E-state index is 0.0605. The van der Waals surface area contributed by atoms with Gasteiger partial charge in [0.1, 0.15) is 11.5 Å². The Hall–Kier alpha value is -2.31. The monoisotopic (exact) mass is 546 g/mol. The van der Waals surface area contributed by atoms with Crippen molar-refractivity contribution in [3.05, 3.63) is 88.5 Å². The summed E-state index contributed by atoms with van der Waals surface area (Å²) in [6.45, 7) is 29.3. The molecule has 0 fully saturated rings. The van der Waals surface area contributed by atoms with Crippen molar-refractivity contribution >= 4 is 13.7 Å². The first-order chi connectivity index (χ1) is 17.8. The van der Waals surface area contributed by atoms with Gasteiger partial charge in [-0.1, -0.05) is 132 Å². The van der Waals surface area contributed by atoms with Crippen molar-refractivity contribution in [2.75, 3.05) is 0 Å². The zero-order valence-corrected chi connectivity index (χ0v) is 27.6. The van der Waals surface area contributed by atoms with Crippen molar-refractivity contribution in [1.29, 1.82) is 0 Å². The fraction of sp³-hybridized carbons (Fsp3) is 0.500. The first-order valence-corrected chi connectivity index (χ1v) is 15.5. The van der Waals surface area contributed by atoms with E-state index in [1.807, 2.05) is 0 Å². The third kappa shape index (κ3) is 7.67. The van der Waals surface area contributed by atoms with E-state index in [9.17, 15) is 0 Å². The van der Waals surface area contributed by atoms with Crippen LogP contribution in [0.25, 0.3) is 0 Å². The second-order valence-corrected chi connectivity index (χ2v) is 16.2. The summed E-state index contributed by atoms with van der Waals surface area (Å²) < 4.78 is 14.0. The van der Waals surface area contributed by atoms with Crippen molar-refractivity contribution in [1.82, 2.24) is 0 Å². The van der Waals surface area contributed by atoms with E-state index in [1.54, 1.807) is 0 Å². The number of rotatable bonds is 6. The van der Waals surface area contributed by atoms with Crippen LogP contribution < -0.4 is 14.4 Å². The smallest absolute Gasteiger partial charge is 0.326 e. The lowest BCUT2D eigenvalue weighted by Crippen LogP contribution is -2.21. The Morgan fingerprint density at radius 2 is 0.949 bits per heavy atom. The minimum atomic E-state index is -1.44. The summed E-state index contributed by atoms with van der Waals surface area (Å²) in [5.41, 5.74) is 6.27. The molecule has 0 N–H and O–H groups in total. The van der Waals surface area contributed by atoms with Crippen LogP contribution in [0.5, 0.6) is 11.5 Å². The predicted molar refractivity (Wildman–Crippen MR) is 171 cm³/mol. The van der Waals surface area contributed by atoms with Crippen LogP contribution in [-0.4, -0.2) is 0 Å². The maximum atomic E-state index is 6.98. The van der Waals surface area contributed by atoms with E-state index in [2.05, 4.69) is 151 Å². The lowest BCUT2D eigenvalue weighted by atomic mass is 9.80. The highest BCUT2D eigenvalue weighted by molar-refractivity contribution is 7.56. The quantitative estimate of drug-likeness (QED) is 0.286. The van der Waals surface area contributed by atoms with Crippen LogP contribution in [0.4, 0.5) is 0 Å². The molecule has 0 amide bonds. The Morgan fingerprint density at radius 1 is 0.538 bits per heavy atom. The Labute approximate surface area is 240 Å². The van der Waals surface area contributed by atoms with E-state index in [0.29, 0.717) is 0 Å². The lowest BCUT2D eigenvalue weighted by Gasteiger charge is -2.31. The molecule has 0 aliphatic carbocycles. The van der Waals surface area contributed by atoms with Crippen molar-refractivity contribution in [3.8, 4) is 11.5 Å². The zero-order chi connectivity index (χ0) is 29.4. The average Bonchev–Trinajstić information content (AvgIpc) is 2.81. The van der Waals surface area contributed by atoms with Gasteiger partial charge in [0.05, 0.1) is 5.30 Å². The van der Waals surface area contributed by atoms with Gasteiger partial charge in [0.15, 0.2) is 0 Å². The van der Waals surface area contributed by atoms with Crippen LogP contribution in [0.3, 0.4) is 0 Å². The number of hydrogen-bond acceptors (Lipinski definition) is 2. The molecular formula is C36H51O2P. The summed E-state index contributed by atoms with van der Waals surface area (Å²) >= 11 is 0. The molecule has 2 nitrogen and oxygen atoms in total. The van der Waals surface area contributed by atoms with Crippen LogP contribution in [0.2, 0.25) is 0 Å². The summed E-state index contributed by atoms with van der Waals surface area (Å²) in [5.74, 6) is 1.80. The first kappa shape index (κ1) is 31.2. The van der Waals surface area contributed by atoms with Gasteiger partial charge in [0, 0.05) is 11.1 Å². The molecule has 0 saturated carbocycles. The van der Waals surface area contributed by atoms with E-state index < -0.39 is 8.38 Å². The molecule has 0 bridgehead atoms. The molecule has 0 unspecified atom stereocenters. The molecule has 0 aromatic heterocycles. The van der Waals surface area contributed by atoms with E-state index in [0.717, 1.165) is 23.2 Å². The molecule has 3 aromatic rings. The average molecular weight is 547 g/mol. The highest BCUT2D eigenvalue weighted by Gasteiger charge is 2.30. The number of benzene rings is 3. The van der Waals surface area contributed by atoms with E-state index in [4.69, 9.17) is 9.05 Å². The lowest BCUT2D eigenvalue weighted by molar-refractivity contribution is 0.466. The van der Waals surface area contributed by atoms with Crippen molar-refractivity contribution in [2.24, 2.45) is 0 Å². The van der Waals surface area contributed by atoms with Gasteiger partial charge >= 0.3 is 8.38 Å². The normalized spacial score (nSPS) is 13.1. The fourth-order valence-corrected chi connectivity index (χ4v) is 6.19. The van der Waals surface area contributed by atoms with Crippen LogP contribution in [0.1, 0.15) is 118 Å². The molecule has 0 radical (unpaired) electrons. The Kier molecular flexibility index (Phi) is 9.03. The molecule has 39 heavy (non-hydrogen) atoms. The maximum Gasteiger partial charge on any atom is 0.326 e. The molecular weight excluding hydrogens is 495 g/mol. The Bertz CT molecular complexity index is 1200. The van der Waals surface area contributed by atoms with Gasteiger partial charge in [-0.2, -0.15) is 0 Å². The Morgan fingerprint density at radius 3 is 1.31 bits per heavy atom. The topological polar surface area (TPSA) is 18.5 Å². The maximum absolute atomic E-state index is 6.98. The van der Waals surface area contributed by atoms with Crippen LogP contribution in [-0.2, 0) is 28.1 Å². The molecule has 0 atom stereocenters. The van der Waals surface area contributed by atoms with Crippen molar-refractivity contribution in [3.63, 3.8) is 0 Å². The second-order valence-electron chi connectivity index (χ2n) is 14.8. The molecule has 3 aromatic carbocycles. The standard InChI is InChI=1S/C36H51O2P/c1-14-25-17-15-16-18-32(25)39(37-30-21-19-26(33(2,3)4)23-28(30)35(8,9)10)38-31-22-20-27(34(5,6)7)24-29(31)36(11,12)13/h15-24H,14H2,1-13H3.